The van der Waals surface area contributed by atoms with Gasteiger partial charge in [-0.15, -0.1) is 11.8 Å². The molecule has 1 fully saturated rings. The third-order valence-corrected chi connectivity index (χ3v) is 12.2. The number of likely N-dealkylation sites (tertiary alicyclic amines) is 1. The minimum absolute atomic E-state index is 0.00961. The van der Waals surface area contributed by atoms with Crippen LogP contribution in [0.25, 0.3) is 0 Å². The Kier molecular flexibility index (Phi) is 19.2. The van der Waals surface area contributed by atoms with Gasteiger partial charge in [0.1, 0.15) is 6.04 Å². The summed E-state index contributed by atoms with van der Waals surface area (Å²) in [5.74, 6) is 0.344. The van der Waals surface area contributed by atoms with E-state index in [2.05, 4.69) is 48.7 Å². The Balaban J connectivity index is 1.67. The maximum atomic E-state index is 14.2. The summed E-state index contributed by atoms with van der Waals surface area (Å²) in [6, 6.07) is 19.0. The summed E-state index contributed by atoms with van der Waals surface area (Å²) in [7, 11) is 7.11. The molecular weight excluding hydrogens is 711 g/mol. The molecule has 306 valence electrons. The van der Waals surface area contributed by atoms with Crippen LogP contribution < -0.4 is 10.6 Å². The zero-order valence-electron chi connectivity index (χ0n) is 35.1. The molecule has 55 heavy (non-hydrogen) atoms. The van der Waals surface area contributed by atoms with E-state index >= 15 is 0 Å². The van der Waals surface area contributed by atoms with Gasteiger partial charge in [-0.05, 0) is 62.2 Å². The van der Waals surface area contributed by atoms with Gasteiger partial charge in [0.15, 0.2) is 0 Å². The molecule has 0 spiro atoms. The van der Waals surface area contributed by atoms with E-state index in [1.54, 1.807) is 30.8 Å². The standard InChI is InChI=1S/C44H69N5O5S/c1-11-32(6)42(48(9)44(53)40(30(2)3)46-43(52)41(31(4)5)47(7)8)36(54-10)28-39(51)49-26-18-23-35(49)24-25-37(50)45-38(27-33-19-14-12-15-20-33)55-29-34-21-16-13-17-22-34/h12-17,19-22,30-32,35-36,38,40-42H,11,18,23-29H2,1-10H3,(H,45,50)(H,46,52). The number of benzene rings is 2. The van der Waals surface area contributed by atoms with Crippen molar-refractivity contribution >= 4 is 35.4 Å². The molecule has 0 bridgehead atoms. The van der Waals surface area contributed by atoms with Crippen molar-refractivity contribution in [2.75, 3.05) is 34.8 Å². The zero-order chi connectivity index (χ0) is 40.7. The first-order valence-corrected chi connectivity index (χ1v) is 21.3. The Morgan fingerprint density at radius 3 is 2.05 bits per heavy atom. The van der Waals surface area contributed by atoms with Crippen LogP contribution in [0.5, 0.6) is 0 Å². The van der Waals surface area contributed by atoms with Crippen LogP contribution in [-0.2, 0) is 36.1 Å². The first-order valence-electron chi connectivity index (χ1n) is 20.2. The first kappa shape index (κ1) is 46.0. The Morgan fingerprint density at radius 2 is 1.51 bits per heavy atom. The Labute approximate surface area is 335 Å². The van der Waals surface area contributed by atoms with E-state index < -0.39 is 12.1 Å². The van der Waals surface area contributed by atoms with E-state index in [-0.39, 0.29) is 71.3 Å². The van der Waals surface area contributed by atoms with Gasteiger partial charge in [-0.25, -0.2) is 0 Å². The van der Waals surface area contributed by atoms with Gasteiger partial charge < -0.3 is 25.2 Å². The molecule has 1 aliphatic heterocycles. The second-order valence-electron chi connectivity index (χ2n) is 16.2. The average molecular weight is 780 g/mol. The van der Waals surface area contributed by atoms with Gasteiger partial charge in [-0.1, -0.05) is 109 Å². The molecule has 11 heteroatoms. The number of carbonyl (C=O) groups is 4. The van der Waals surface area contributed by atoms with Crippen molar-refractivity contribution in [3.63, 3.8) is 0 Å². The lowest BCUT2D eigenvalue weighted by molar-refractivity contribution is -0.146. The summed E-state index contributed by atoms with van der Waals surface area (Å²) in [4.78, 5) is 60.6. The van der Waals surface area contributed by atoms with Crippen molar-refractivity contribution < 1.29 is 23.9 Å². The molecule has 7 atom stereocenters. The molecule has 0 saturated carbocycles. The molecule has 7 unspecified atom stereocenters. The van der Waals surface area contributed by atoms with Crippen LogP contribution in [0, 0.1) is 17.8 Å². The monoisotopic (exact) mass is 780 g/mol. The molecule has 4 amide bonds. The number of ether oxygens (including phenoxy) is 1. The van der Waals surface area contributed by atoms with Crippen LogP contribution in [-0.4, -0.2) is 109 Å². The number of hydrogen-bond acceptors (Lipinski definition) is 7. The molecule has 10 nitrogen and oxygen atoms in total. The van der Waals surface area contributed by atoms with Gasteiger partial charge in [0.25, 0.3) is 0 Å². The second-order valence-corrected chi connectivity index (χ2v) is 17.3. The van der Waals surface area contributed by atoms with Crippen LogP contribution in [0.4, 0.5) is 0 Å². The number of nitrogens with one attached hydrogen (secondary N) is 2. The summed E-state index contributed by atoms with van der Waals surface area (Å²) >= 11 is 1.73. The highest BCUT2D eigenvalue weighted by molar-refractivity contribution is 7.99. The third-order valence-electron chi connectivity index (χ3n) is 11.1. The molecule has 2 N–H and O–H groups in total. The van der Waals surface area contributed by atoms with Crippen molar-refractivity contribution in [1.82, 2.24) is 25.3 Å². The number of hydrogen-bond donors (Lipinski definition) is 2. The molecule has 2 aromatic rings. The van der Waals surface area contributed by atoms with Crippen LogP contribution in [0.3, 0.4) is 0 Å². The van der Waals surface area contributed by atoms with E-state index in [1.165, 1.54) is 11.1 Å². The Hall–Kier alpha value is -3.41. The predicted octanol–water partition coefficient (Wildman–Crippen LogP) is 6.38. The predicted molar refractivity (Wildman–Crippen MR) is 224 cm³/mol. The van der Waals surface area contributed by atoms with Gasteiger partial charge in [0.05, 0.1) is 30.0 Å². The number of nitrogens with zero attached hydrogens (tertiary/aromatic N) is 3. The summed E-state index contributed by atoms with van der Waals surface area (Å²) < 4.78 is 6.04. The van der Waals surface area contributed by atoms with Crippen LogP contribution >= 0.6 is 11.8 Å². The number of methoxy groups -OCH3 is 1. The average Bonchev–Trinajstić information content (AvgIpc) is 3.63. The number of rotatable bonds is 22. The number of thioether (sulfide) groups is 1. The zero-order valence-corrected chi connectivity index (χ0v) is 35.9. The minimum Gasteiger partial charge on any atom is -0.379 e. The van der Waals surface area contributed by atoms with Crippen molar-refractivity contribution in [2.24, 2.45) is 17.8 Å². The maximum Gasteiger partial charge on any atom is 0.245 e. The van der Waals surface area contributed by atoms with Crippen molar-refractivity contribution in [2.45, 2.75) is 128 Å². The summed E-state index contributed by atoms with van der Waals surface area (Å²) in [6.45, 7) is 12.7. The van der Waals surface area contributed by atoms with Crippen molar-refractivity contribution in [1.29, 1.82) is 0 Å². The molecule has 0 aromatic heterocycles. The fraction of sp³-hybridized carbons (Fsp3) is 0.636. The Morgan fingerprint density at radius 1 is 0.891 bits per heavy atom. The summed E-state index contributed by atoms with van der Waals surface area (Å²) in [5, 5.41) is 6.26. The van der Waals surface area contributed by atoms with E-state index in [4.69, 9.17) is 4.74 Å². The lowest BCUT2D eigenvalue weighted by atomic mass is 9.89. The van der Waals surface area contributed by atoms with Gasteiger partial charge in [0.2, 0.25) is 23.6 Å². The quantitative estimate of drug-likeness (QED) is 0.134. The lowest BCUT2D eigenvalue weighted by Crippen LogP contribution is -2.59. The van der Waals surface area contributed by atoms with Crippen LogP contribution in [0.1, 0.15) is 91.2 Å². The lowest BCUT2D eigenvalue weighted by Gasteiger charge is -2.40. The Bertz CT molecular complexity index is 1470. The van der Waals surface area contributed by atoms with Crippen molar-refractivity contribution in [3.05, 3.63) is 71.8 Å². The largest absolute Gasteiger partial charge is 0.379 e. The molecule has 0 radical (unpaired) electrons. The number of carbonyl (C=O) groups excluding carboxylic acids is 4. The summed E-state index contributed by atoms with van der Waals surface area (Å²) in [6.07, 6.45) is 3.73. The number of amides is 4. The SMILES string of the molecule is CCC(C)C(C(CC(=O)N1CCCC1CCC(=O)NC(Cc1ccccc1)SCc1ccccc1)OC)N(C)C(=O)C(NC(=O)C(C(C)C)N(C)C)C(C)C. The van der Waals surface area contributed by atoms with Crippen LogP contribution in [0.15, 0.2) is 60.7 Å². The minimum atomic E-state index is -0.725. The molecule has 0 aliphatic carbocycles. The highest BCUT2D eigenvalue weighted by Crippen LogP contribution is 2.28. The molecule has 1 saturated heterocycles. The smallest absolute Gasteiger partial charge is 0.245 e. The van der Waals surface area contributed by atoms with Crippen molar-refractivity contribution in [3.8, 4) is 0 Å². The molecule has 2 aromatic carbocycles. The molecule has 1 heterocycles. The molecule has 3 rings (SSSR count). The summed E-state index contributed by atoms with van der Waals surface area (Å²) in [5.41, 5.74) is 2.39. The van der Waals surface area contributed by atoms with E-state index in [9.17, 15) is 19.2 Å². The number of likely N-dealkylation sites (N-methyl/N-ethyl adjacent to an activating group) is 2. The van der Waals surface area contributed by atoms with E-state index in [0.717, 1.165) is 31.4 Å². The van der Waals surface area contributed by atoms with Gasteiger partial charge in [-0.3, -0.25) is 24.1 Å². The normalized spacial score (nSPS) is 17.8. The van der Waals surface area contributed by atoms with E-state index in [0.29, 0.717) is 19.4 Å². The first-order chi connectivity index (χ1) is 26.2. The third kappa shape index (κ3) is 13.9. The highest BCUT2D eigenvalue weighted by Gasteiger charge is 2.40. The van der Waals surface area contributed by atoms with Gasteiger partial charge in [-0.2, -0.15) is 0 Å². The fourth-order valence-corrected chi connectivity index (χ4v) is 9.00. The second kappa shape index (κ2) is 23.0. The fourth-order valence-electron chi connectivity index (χ4n) is 7.89. The van der Waals surface area contributed by atoms with E-state index in [1.807, 2.05) is 88.0 Å². The van der Waals surface area contributed by atoms with Gasteiger partial charge >= 0.3 is 0 Å². The highest BCUT2D eigenvalue weighted by atomic mass is 32.2. The molecular formula is C44H69N5O5S. The van der Waals surface area contributed by atoms with Gasteiger partial charge in [0, 0.05) is 45.3 Å². The topological polar surface area (TPSA) is 111 Å². The molecule has 1 aliphatic rings. The maximum absolute atomic E-state index is 14.2. The van der Waals surface area contributed by atoms with Crippen LogP contribution in [0.2, 0.25) is 0 Å².